The van der Waals surface area contributed by atoms with Crippen molar-refractivity contribution in [3.05, 3.63) is 0 Å². The number of rotatable bonds is 7. The van der Waals surface area contributed by atoms with Crippen molar-refractivity contribution >= 4 is 5.91 Å². The topological polar surface area (TPSA) is 35.6 Å². The third-order valence-electron chi connectivity index (χ3n) is 3.50. The fourth-order valence-electron chi connectivity index (χ4n) is 2.46. The summed E-state index contributed by atoms with van der Waals surface area (Å²) in [6, 6.07) is 0. The van der Waals surface area contributed by atoms with E-state index < -0.39 is 0 Å². The number of likely N-dealkylation sites (tertiary alicyclic amines) is 1. The Bertz CT molecular complexity index is 243. The average Bonchev–Trinajstić information content (AvgIpc) is 2.32. The Morgan fingerprint density at radius 2 is 2.22 bits per heavy atom. The molecule has 1 heterocycles. The molecule has 1 aliphatic heterocycles. The fraction of sp³-hybridized carbons (Fsp3) is 0.929. The van der Waals surface area contributed by atoms with Crippen molar-refractivity contribution < 1.29 is 4.79 Å². The molecule has 1 amide bonds. The van der Waals surface area contributed by atoms with Crippen molar-refractivity contribution in [3.63, 3.8) is 0 Å². The van der Waals surface area contributed by atoms with Gasteiger partial charge in [0.05, 0.1) is 0 Å². The Kier molecular flexibility index (Phi) is 7.28. The van der Waals surface area contributed by atoms with Gasteiger partial charge in [-0.25, -0.2) is 0 Å². The highest BCUT2D eigenvalue weighted by atomic mass is 16.1. The molecule has 1 N–H and O–H groups in total. The summed E-state index contributed by atoms with van der Waals surface area (Å²) in [5.74, 6) is 0.994. The van der Waals surface area contributed by atoms with Gasteiger partial charge in [-0.15, -0.1) is 0 Å². The Balaban J connectivity index is 2.02. The molecular weight excluding hydrogens is 226 g/mol. The smallest absolute Gasteiger partial charge is 0.221 e. The van der Waals surface area contributed by atoms with Crippen molar-refractivity contribution in [3.8, 4) is 0 Å². The van der Waals surface area contributed by atoms with Crippen LogP contribution in [0.5, 0.6) is 0 Å². The lowest BCUT2D eigenvalue weighted by Gasteiger charge is -2.30. The predicted molar refractivity (Wildman–Crippen MR) is 75.6 cm³/mol. The number of piperidine rings is 1. The van der Waals surface area contributed by atoms with E-state index >= 15 is 0 Å². The molecule has 4 nitrogen and oxygen atoms in total. The first-order valence-corrected chi connectivity index (χ1v) is 7.21. The standard InChI is InChI=1S/C14H29N3O/c1-13-6-4-10-17(12-13)11-7-14(18)15-8-5-9-16(2)3/h13H,4-12H2,1-3H3,(H,15,18). The van der Waals surface area contributed by atoms with Gasteiger partial charge in [0.1, 0.15) is 0 Å². The summed E-state index contributed by atoms with van der Waals surface area (Å²) in [5.41, 5.74) is 0. The second-order valence-electron chi connectivity index (χ2n) is 5.80. The van der Waals surface area contributed by atoms with E-state index in [9.17, 15) is 4.79 Å². The van der Waals surface area contributed by atoms with Gasteiger partial charge in [-0.05, 0) is 52.4 Å². The first-order valence-electron chi connectivity index (χ1n) is 7.21. The molecule has 0 aromatic heterocycles. The van der Waals surface area contributed by atoms with E-state index in [1.165, 1.54) is 12.8 Å². The Hall–Kier alpha value is -0.610. The van der Waals surface area contributed by atoms with Crippen LogP contribution in [0.4, 0.5) is 0 Å². The third-order valence-corrected chi connectivity index (χ3v) is 3.50. The zero-order chi connectivity index (χ0) is 13.4. The number of amides is 1. The van der Waals surface area contributed by atoms with Crippen molar-refractivity contribution in [1.82, 2.24) is 15.1 Å². The first-order chi connectivity index (χ1) is 8.58. The van der Waals surface area contributed by atoms with Crippen molar-refractivity contribution in [2.24, 2.45) is 5.92 Å². The van der Waals surface area contributed by atoms with Crippen molar-refractivity contribution in [1.29, 1.82) is 0 Å². The van der Waals surface area contributed by atoms with Crippen molar-refractivity contribution in [2.45, 2.75) is 32.6 Å². The molecule has 1 saturated heterocycles. The van der Waals surface area contributed by atoms with E-state index in [0.717, 1.165) is 45.1 Å². The minimum atomic E-state index is 0.201. The molecule has 0 aliphatic carbocycles. The molecule has 1 atom stereocenters. The summed E-state index contributed by atoms with van der Waals surface area (Å²) in [6.45, 7) is 7.38. The van der Waals surface area contributed by atoms with Crippen LogP contribution < -0.4 is 5.32 Å². The van der Waals surface area contributed by atoms with E-state index in [0.29, 0.717) is 6.42 Å². The number of carbonyl (C=O) groups is 1. The summed E-state index contributed by atoms with van der Waals surface area (Å²) >= 11 is 0. The van der Waals surface area contributed by atoms with E-state index in [-0.39, 0.29) is 5.91 Å². The van der Waals surface area contributed by atoms with Gasteiger partial charge in [0.25, 0.3) is 0 Å². The molecule has 4 heteroatoms. The second-order valence-corrected chi connectivity index (χ2v) is 5.80. The van der Waals surface area contributed by atoms with E-state index in [1.807, 2.05) is 0 Å². The zero-order valence-electron chi connectivity index (χ0n) is 12.2. The molecule has 1 rings (SSSR count). The van der Waals surface area contributed by atoms with Crippen LogP contribution in [-0.4, -0.2) is 62.5 Å². The van der Waals surface area contributed by atoms with Crippen LogP contribution in [0.15, 0.2) is 0 Å². The van der Waals surface area contributed by atoms with Gasteiger partial charge in [-0.3, -0.25) is 4.79 Å². The minimum Gasteiger partial charge on any atom is -0.356 e. The van der Waals surface area contributed by atoms with Crippen LogP contribution in [0.3, 0.4) is 0 Å². The molecule has 0 saturated carbocycles. The maximum atomic E-state index is 11.7. The molecule has 0 bridgehead atoms. The highest BCUT2D eigenvalue weighted by molar-refractivity contribution is 5.75. The largest absolute Gasteiger partial charge is 0.356 e. The Morgan fingerprint density at radius 1 is 1.44 bits per heavy atom. The van der Waals surface area contributed by atoms with Crippen LogP contribution in [0, 0.1) is 5.92 Å². The summed E-state index contributed by atoms with van der Waals surface area (Å²) in [7, 11) is 4.11. The lowest BCUT2D eigenvalue weighted by molar-refractivity contribution is -0.121. The Morgan fingerprint density at radius 3 is 2.89 bits per heavy atom. The highest BCUT2D eigenvalue weighted by Crippen LogP contribution is 2.15. The number of hydrogen-bond donors (Lipinski definition) is 1. The molecule has 0 aromatic carbocycles. The molecule has 0 aromatic rings. The summed E-state index contributed by atoms with van der Waals surface area (Å²) in [6.07, 6.45) is 4.30. The number of nitrogens with one attached hydrogen (secondary N) is 1. The monoisotopic (exact) mass is 255 g/mol. The number of hydrogen-bond acceptors (Lipinski definition) is 3. The molecule has 106 valence electrons. The van der Waals surface area contributed by atoms with E-state index in [2.05, 4.69) is 36.1 Å². The molecular formula is C14H29N3O. The SMILES string of the molecule is CC1CCCN(CCC(=O)NCCCN(C)C)C1. The molecule has 1 unspecified atom stereocenters. The maximum Gasteiger partial charge on any atom is 0.221 e. The number of nitrogens with zero attached hydrogens (tertiary/aromatic N) is 2. The van der Waals surface area contributed by atoms with Crippen LogP contribution in [0.25, 0.3) is 0 Å². The Labute approximate surface area is 112 Å². The highest BCUT2D eigenvalue weighted by Gasteiger charge is 2.16. The van der Waals surface area contributed by atoms with Crippen molar-refractivity contribution in [2.75, 3.05) is 46.8 Å². The maximum absolute atomic E-state index is 11.7. The minimum absolute atomic E-state index is 0.201. The third kappa shape index (κ3) is 6.97. The molecule has 1 fully saturated rings. The summed E-state index contributed by atoms with van der Waals surface area (Å²) in [4.78, 5) is 16.2. The summed E-state index contributed by atoms with van der Waals surface area (Å²) < 4.78 is 0. The molecule has 18 heavy (non-hydrogen) atoms. The molecule has 0 radical (unpaired) electrons. The molecule has 1 aliphatic rings. The van der Waals surface area contributed by atoms with Crippen LogP contribution >= 0.6 is 0 Å². The second kappa shape index (κ2) is 8.48. The van der Waals surface area contributed by atoms with Crippen LogP contribution in [0.2, 0.25) is 0 Å². The first kappa shape index (κ1) is 15.4. The van der Waals surface area contributed by atoms with Gasteiger partial charge in [0.15, 0.2) is 0 Å². The van der Waals surface area contributed by atoms with Gasteiger partial charge in [0, 0.05) is 26.1 Å². The van der Waals surface area contributed by atoms with Gasteiger partial charge in [-0.1, -0.05) is 6.92 Å². The zero-order valence-corrected chi connectivity index (χ0v) is 12.2. The van der Waals surface area contributed by atoms with Gasteiger partial charge >= 0.3 is 0 Å². The van der Waals surface area contributed by atoms with E-state index in [4.69, 9.17) is 0 Å². The normalized spacial score (nSPS) is 21.2. The number of carbonyl (C=O) groups excluding carboxylic acids is 1. The quantitative estimate of drug-likeness (QED) is 0.694. The van der Waals surface area contributed by atoms with Gasteiger partial charge < -0.3 is 15.1 Å². The molecule has 0 spiro atoms. The summed E-state index contributed by atoms with van der Waals surface area (Å²) in [5, 5.41) is 3.00. The van der Waals surface area contributed by atoms with Crippen LogP contribution in [0.1, 0.15) is 32.6 Å². The van der Waals surface area contributed by atoms with Crippen LogP contribution in [-0.2, 0) is 4.79 Å². The van der Waals surface area contributed by atoms with Gasteiger partial charge in [-0.2, -0.15) is 0 Å². The predicted octanol–water partition coefficient (Wildman–Crippen LogP) is 1.18. The lowest BCUT2D eigenvalue weighted by atomic mass is 10.0. The average molecular weight is 255 g/mol. The lowest BCUT2D eigenvalue weighted by Crippen LogP contribution is -2.37. The van der Waals surface area contributed by atoms with Gasteiger partial charge in [0.2, 0.25) is 5.91 Å². The fourth-order valence-corrected chi connectivity index (χ4v) is 2.46. The van der Waals surface area contributed by atoms with E-state index in [1.54, 1.807) is 0 Å².